The van der Waals surface area contributed by atoms with Gasteiger partial charge in [0.15, 0.2) is 0 Å². The molecule has 1 aromatic rings. The number of carbonyl (C=O) groups is 2. The molecule has 0 spiro atoms. The standard InChI is InChI=1S/C19H26N2O4/c22-16(13-21-17(23)6-7-18(21)24)12-20-10-8-15(9-11-20)19(25)14-4-2-1-3-5-14/h1-5,15-16,19,22,25H,6-13H2/t16-,19-/m1/s1. The van der Waals surface area contributed by atoms with E-state index < -0.39 is 12.2 Å². The SMILES string of the molecule is O=C1CCC(=O)N1C[C@H](O)CN1CCC([C@H](O)c2ccccc2)CC1. The van der Waals surface area contributed by atoms with Crippen molar-refractivity contribution in [2.45, 2.75) is 37.9 Å². The average Bonchev–Trinajstić information content (AvgIpc) is 2.94. The highest BCUT2D eigenvalue weighted by Gasteiger charge is 2.32. The first-order chi connectivity index (χ1) is 12.0. The number of likely N-dealkylation sites (tertiary alicyclic amines) is 2. The Kier molecular flexibility index (Phi) is 5.83. The molecular weight excluding hydrogens is 320 g/mol. The van der Waals surface area contributed by atoms with Crippen molar-refractivity contribution in [3.63, 3.8) is 0 Å². The molecule has 0 saturated carbocycles. The van der Waals surface area contributed by atoms with Crippen molar-refractivity contribution < 1.29 is 19.8 Å². The lowest BCUT2D eigenvalue weighted by Gasteiger charge is -2.35. The van der Waals surface area contributed by atoms with Crippen LogP contribution in [0.1, 0.15) is 37.4 Å². The van der Waals surface area contributed by atoms with E-state index in [0.717, 1.165) is 31.5 Å². The molecule has 2 aliphatic rings. The fourth-order valence-electron chi connectivity index (χ4n) is 3.77. The Balaban J connectivity index is 1.44. The van der Waals surface area contributed by atoms with Crippen LogP contribution in [-0.2, 0) is 9.59 Å². The van der Waals surface area contributed by atoms with Gasteiger partial charge in [-0.15, -0.1) is 0 Å². The normalized spacial score (nSPS) is 22.4. The molecule has 1 aromatic carbocycles. The third-order valence-electron chi connectivity index (χ3n) is 5.24. The van der Waals surface area contributed by atoms with Crippen molar-refractivity contribution in [2.75, 3.05) is 26.2 Å². The van der Waals surface area contributed by atoms with Gasteiger partial charge in [-0.05, 0) is 37.4 Å². The van der Waals surface area contributed by atoms with Crippen LogP contribution in [0.15, 0.2) is 30.3 Å². The van der Waals surface area contributed by atoms with Gasteiger partial charge in [-0.3, -0.25) is 14.5 Å². The van der Waals surface area contributed by atoms with Crippen molar-refractivity contribution >= 4 is 11.8 Å². The number of amides is 2. The van der Waals surface area contributed by atoms with Gasteiger partial charge in [0.05, 0.1) is 18.8 Å². The maximum atomic E-state index is 11.6. The van der Waals surface area contributed by atoms with Crippen LogP contribution in [0.3, 0.4) is 0 Å². The van der Waals surface area contributed by atoms with Crippen molar-refractivity contribution in [2.24, 2.45) is 5.92 Å². The molecule has 0 aliphatic carbocycles. The zero-order chi connectivity index (χ0) is 17.8. The summed E-state index contributed by atoms with van der Waals surface area (Å²) in [4.78, 5) is 26.6. The average molecular weight is 346 g/mol. The number of benzene rings is 1. The van der Waals surface area contributed by atoms with E-state index in [0.29, 0.717) is 6.54 Å². The molecule has 2 amide bonds. The number of nitrogens with zero attached hydrogens (tertiary/aromatic N) is 2. The van der Waals surface area contributed by atoms with Gasteiger partial charge < -0.3 is 15.1 Å². The molecule has 6 heteroatoms. The van der Waals surface area contributed by atoms with Crippen molar-refractivity contribution in [3.05, 3.63) is 35.9 Å². The van der Waals surface area contributed by atoms with Gasteiger partial charge in [0.1, 0.15) is 0 Å². The van der Waals surface area contributed by atoms with Gasteiger partial charge >= 0.3 is 0 Å². The van der Waals surface area contributed by atoms with Crippen LogP contribution in [0, 0.1) is 5.92 Å². The van der Waals surface area contributed by atoms with E-state index in [1.807, 2.05) is 30.3 Å². The van der Waals surface area contributed by atoms with Crippen molar-refractivity contribution in [3.8, 4) is 0 Å². The molecule has 3 rings (SSSR count). The van der Waals surface area contributed by atoms with E-state index in [1.54, 1.807) is 0 Å². The molecule has 2 aliphatic heterocycles. The summed E-state index contributed by atoms with van der Waals surface area (Å²) in [6.45, 7) is 2.14. The van der Waals surface area contributed by atoms with E-state index >= 15 is 0 Å². The number of carbonyl (C=O) groups excluding carboxylic acids is 2. The largest absolute Gasteiger partial charge is 0.390 e. The zero-order valence-electron chi connectivity index (χ0n) is 14.4. The Morgan fingerprint density at radius 3 is 2.16 bits per heavy atom. The van der Waals surface area contributed by atoms with E-state index in [4.69, 9.17) is 0 Å². The second-order valence-corrected chi connectivity index (χ2v) is 7.05. The molecule has 2 fully saturated rings. The van der Waals surface area contributed by atoms with Crippen LogP contribution in [-0.4, -0.2) is 64.1 Å². The summed E-state index contributed by atoms with van der Waals surface area (Å²) in [6.07, 6.45) is 1.08. The van der Waals surface area contributed by atoms with Gasteiger partial charge in [-0.25, -0.2) is 0 Å². The first-order valence-corrected chi connectivity index (χ1v) is 9.01. The third-order valence-corrected chi connectivity index (χ3v) is 5.24. The third kappa shape index (κ3) is 4.45. The van der Waals surface area contributed by atoms with Crippen molar-refractivity contribution in [1.29, 1.82) is 0 Å². The molecule has 0 radical (unpaired) electrons. The van der Waals surface area contributed by atoms with Gasteiger partial charge in [-0.2, -0.15) is 0 Å². The number of aliphatic hydroxyl groups is 2. The van der Waals surface area contributed by atoms with E-state index in [2.05, 4.69) is 4.90 Å². The predicted molar refractivity (Wildman–Crippen MR) is 92.5 cm³/mol. The summed E-state index contributed by atoms with van der Waals surface area (Å²) in [6, 6.07) is 9.71. The second-order valence-electron chi connectivity index (χ2n) is 7.05. The van der Waals surface area contributed by atoms with E-state index in [1.165, 1.54) is 4.90 Å². The molecular formula is C19H26N2O4. The quantitative estimate of drug-likeness (QED) is 0.750. The minimum Gasteiger partial charge on any atom is -0.390 e. The maximum absolute atomic E-state index is 11.6. The molecule has 2 N–H and O–H groups in total. The Labute approximate surface area is 148 Å². The predicted octanol–water partition coefficient (Wildman–Crippen LogP) is 0.942. The van der Waals surface area contributed by atoms with Crippen LogP contribution >= 0.6 is 0 Å². The minimum atomic E-state index is -0.721. The summed E-state index contributed by atoms with van der Waals surface area (Å²) in [5, 5.41) is 20.7. The maximum Gasteiger partial charge on any atom is 0.229 e. The molecule has 2 heterocycles. The Morgan fingerprint density at radius 1 is 0.960 bits per heavy atom. The Morgan fingerprint density at radius 2 is 1.56 bits per heavy atom. The Hall–Kier alpha value is -1.76. The van der Waals surface area contributed by atoms with Gasteiger partial charge in [0.2, 0.25) is 11.8 Å². The monoisotopic (exact) mass is 346 g/mol. The molecule has 136 valence electrons. The molecule has 0 aromatic heterocycles. The second kappa shape index (κ2) is 8.08. The number of rotatable bonds is 6. The summed E-state index contributed by atoms with van der Waals surface area (Å²) >= 11 is 0. The summed E-state index contributed by atoms with van der Waals surface area (Å²) in [5.74, 6) is -0.153. The van der Waals surface area contributed by atoms with Crippen LogP contribution < -0.4 is 0 Å². The highest BCUT2D eigenvalue weighted by atomic mass is 16.3. The lowest BCUT2D eigenvalue weighted by molar-refractivity contribution is -0.140. The summed E-state index contributed by atoms with van der Waals surface area (Å²) in [7, 11) is 0. The molecule has 2 saturated heterocycles. The van der Waals surface area contributed by atoms with E-state index in [9.17, 15) is 19.8 Å². The van der Waals surface area contributed by atoms with Crippen LogP contribution in [0.2, 0.25) is 0 Å². The summed E-state index contributed by atoms with van der Waals surface area (Å²) < 4.78 is 0. The van der Waals surface area contributed by atoms with Crippen LogP contribution in [0.5, 0.6) is 0 Å². The molecule has 6 nitrogen and oxygen atoms in total. The van der Waals surface area contributed by atoms with Crippen LogP contribution in [0.4, 0.5) is 0 Å². The molecule has 25 heavy (non-hydrogen) atoms. The fraction of sp³-hybridized carbons (Fsp3) is 0.579. The minimum absolute atomic E-state index is 0.0875. The number of hydrogen-bond acceptors (Lipinski definition) is 5. The number of β-amino-alcohol motifs (C(OH)–C–C–N with tert-alkyl or cyclic N) is 1. The summed E-state index contributed by atoms with van der Waals surface area (Å²) in [5.41, 5.74) is 0.951. The van der Waals surface area contributed by atoms with Crippen molar-refractivity contribution in [1.82, 2.24) is 9.80 Å². The molecule has 0 bridgehead atoms. The number of hydrogen-bond donors (Lipinski definition) is 2. The van der Waals surface area contributed by atoms with Crippen LogP contribution in [0.25, 0.3) is 0 Å². The molecule has 2 atom stereocenters. The van der Waals surface area contributed by atoms with Gasteiger partial charge in [0, 0.05) is 19.4 Å². The topological polar surface area (TPSA) is 81.1 Å². The van der Waals surface area contributed by atoms with Gasteiger partial charge in [-0.1, -0.05) is 30.3 Å². The zero-order valence-corrected chi connectivity index (χ0v) is 14.4. The highest BCUT2D eigenvalue weighted by Crippen LogP contribution is 2.30. The fourth-order valence-corrected chi connectivity index (χ4v) is 3.77. The molecule has 0 unspecified atom stereocenters. The van der Waals surface area contributed by atoms with Gasteiger partial charge in [0.25, 0.3) is 0 Å². The number of piperidine rings is 1. The highest BCUT2D eigenvalue weighted by molar-refractivity contribution is 6.01. The lowest BCUT2D eigenvalue weighted by atomic mass is 9.87. The van der Waals surface area contributed by atoms with E-state index in [-0.39, 0.29) is 37.1 Å². The lowest BCUT2D eigenvalue weighted by Crippen LogP contribution is -2.45. The first-order valence-electron chi connectivity index (χ1n) is 9.01. The number of aliphatic hydroxyl groups excluding tert-OH is 2. The Bertz CT molecular complexity index is 583. The first kappa shape index (κ1) is 18.0. The number of imide groups is 1. The smallest absolute Gasteiger partial charge is 0.229 e.